The Hall–Kier alpha value is -1.91. The normalized spacial score (nSPS) is 24.5. The molecule has 1 N–H and O–H groups in total. The molecule has 3 rings (SSSR count). The van der Waals surface area contributed by atoms with Gasteiger partial charge in [-0.05, 0) is 44.7 Å². The molecule has 0 saturated heterocycles. The molecule has 1 aliphatic carbocycles. The van der Waals surface area contributed by atoms with E-state index in [1.54, 1.807) is 0 Å². The van der Waals surface area contributed by atoms with Gasteiger partial charge in [0.2, 0.25) is 0 Å². The number of carbonyl (C=O) groups excluding carboxylic acids is 1. The van der Waals surface area contributed by atoms with Crippen molar-refractivity contribution >= 4 is 6.03 Å². The van der Waals surface area contributed by atoms with E-state index in [4.69, 9.17) is 9.47 Å². The van der Waals surface area contributed by atoms with Crippen LogP contribution in [0, 0.1) is 5.92 Å². The van der Waals surface area contributed by atoms with Crippen LogP contribution in [-0.4, -0.2) is 36.7 Å². The molecule has 0 radical (unpaired) electrons. The van der Waals surface area contributed by atoms with Crippen molar-refractivity contribution in [2.45, 2.75) is 71.6 Å². The number of nitrogens with one attached hydrogen (secondary N) is 1. The number of fused-ring (bicyclic) bond motifs is 1. The predicted octanol–water partition coefficient (Wildman–Crippen LogP) is 4.13. The number of carbonyl (C=O) groups is 1. The van der Waals surface area contributed by atoms with Crippen molar-refractivity contribution in [1.82, 2.24) is 10.2 Å². The van der Waals surface area contributed by atoms with Crippen molar-refractivity contribution < 1.29 is 14.3 Å². The van der Waals surface area contributed by atoms with Crippen LogP contribution in [0.2, 0.25) is 0 Å². The van der Waals surface area contributed by atoms with Crippen LogP contribution in [-0.2, 0) is 13.0 Å². The average Bonchev–Trinajstić information content (AvgIpc) is 2.98. The highest BCUT2D eigenvalue weighted by Crippen LogP contribution is 2.35. The number of amides is 2. The molecule has 5 heteroatoms. The zero-order valence-corrected chi connectivity index (χ0v) is 16.5. The molecule has 1 aliphatic heterocycles. The standard InChI is InChI=1S/C21H32N2O3/c1-5-25-19-11-16-10-15(3)26-20(16)12-17(19)13-22-21(24)23(4)18-8-6-7-14(2)9-18/h11-12,14-15,18H,5-10,13H2,1-4H3,(H,22,24). The second-order valence-electron chi connectivity index (χ2n) is 7.83. The van der Waals surface area contributed by atoms with Gasteiger partial charge in [0.05, 0.1) is 6.61 Å². The van der Waals surface area contributed by atoms with Gasteiger partial charge >= 0.3 is 6.03 Å². The molecule has 0 aromatic heterocycles. The Labute approximate surface area is 157 Å². The zero-order valence-electron chi connectivity index (χ0n) is 16.5. The first kappa shape index (κ1) is 18.9. The molecule has 1 aromatic rings. The van der Waals surface area contributed by atoms with Gasteiger partial charge in [0, 0.05) is 37.2 Å². The lowest BCUT2D eigenvalue weighted by Crippen LogP contribution is -2.45. The highest BCUT2D eigenvalue weighted by Gasteiger charge is 2.26. The van der Waals surface area contributed by atoms with E-state index < -0.39 is 0 Å². The largest absolute Gasteiger partial charge is 0.494 e. The number of nitrogens with zero attached hydrogens (tertiary/aromatic N) is 1. The number of benzene rings is 1. The maximum Gasteiger partial charge on any atom is 0.317 e. The van der Waals surface area contributed by atoms with Crippen molar-refractivity contribution in [3.8, 4) is 11.5 Å². The quantitative estimate of drug-likeness (QED) is 0.859. The third-order valence-electron chi connectivity index (χ3n) is 5.59. The third kappa shape index (κ3) is 4.25. The van der Waals surface area contributed by atoms with Gasteiger partial charge in [-0.1, -0.05) is 19.8 Å². The van der Waals surface area contributed by atoms with E-state index in [2.05, 4.69) is 25.2 Å². The number of hydrogen-bond acceptors (Lipinski definition) is 3. The van der Waals surface area contributed by atoms with E-state index in [9.17, 15) is 4.79 Å². The summed E-state index contributed by atoms with van der Waals surface area (Å²) in [5.74, 6) is 2.46. The van der Waals surface area contributed by atoms with E-state index in [1.165, 1.54) is 18.4 Å². The summed E-state index contributed by atoms with van der Waals surface area (Å²) >= 11 is 0. The second-order valence-corrected chi connectivity index (χ2v) is 7.83. The number of rotatable bonds is 5. The van der Waals surface area contributed by atoms with Gasteiger partial charge in [0.25, 0.3) is 0 Å². The molecule has 1 fully saturated rings. The van der Waals surface area contributed by atoms with Crippen molar-refractivity contribution in [2.75, 3.05) is 13.7 Å². The summed E-state index contributed by atoms with van der Waals surface area (Å²) in [5.41, 5.74) is 2.16. The first-order valence-corrected chi connectivity index (χ1v) is 9.93. The fourth-order valence-electron chi connectivity index (χ4n) is 4.12. The Kier molecular flexibility index (Phi) is 5.94. The Morgan fingerprint density at radius 1 is 1.35 bits per heavy atom. The number of hydrogen-bond donors (Lipinski definition) is 1. The average molecular weight is 360 g/mol. The lowest BCUT2D eigenvalue weighted by molar-refractivity contribution is 0.160. The van der Waals surface area contributed by atoms with E-state index in [-0.39, 0.29) is 12.1 Å². The van der Waals surface area contributed by atoms with Crippen LogP contribution >= 0.6 is 0 Å². The fraction of sp³-hybridized carbons (Fsp3) is 0.667. The maximum atomic E-state index is 12.6. The lowest BCUT2D eigenvalue weighted by Gasteiger charge is -2.34. The first-order valence-electron chi connectivity index (χ1n) is 9.93. The van der Waals surface area contributed by atoms with Gasteiger partial charge < -0.3 is 19.7 Å². The number of urea groups is 1. The highest BCUT2D eigenvalue weighted by atomic mass is 16.5. The third-order valence-corrected chi connectivity index (χ3v) is 5.59. The minimum Gasteiger partial charge on any atom is -0.494 e. The van der Waals surface area contributed by atoms with Gasteiger partial charge in [0.1, 0.15) is 17.6 Å². The molecule has 3 atom stereocenters. The Morgan fingerprint density at radius 3 is 2.88 bits per heavy atom. The fourth-order valence-corrected chi connectivity index (χ4v) is 4.12. The molecule has 5 nitrogen and oxygen atoms in total. The summed E-state index contributed by atoms with van der Waals surface area (Å²) in [7, 11) is 1.91. The molecule has 1 saturated carbocycles. The summed E-state index contributed by atoms with van der Waals surface area (Å²) in [6.07, 6.45) is 5.78. The molecule has 1 aromatic carbocycles. The molecule has 1 heterocycles. The molecule has 3 unspecified atom stereocenters. The smallest absolute Gasteiger partial charge is 0.317 e. The van der Waals surface area contributed by atoms with Gasteiger partial charge in [0.15, 0.2) is 0 Å². The second kappa shape index (κ2) is 8.19. The summed E-state index contributed by atoms with van der Waals surface area (Å²) in [6.45, 7) is 7.38. The van der Waals surface area contributed by atoms with E-state index in [0.717, 1.165) is 36.3 Å². The Balaban J connectivity index is 1.65. The van der Waals surface area contributed by atoms with E-state index in [1.807, 2.05) is 24.9 Å². The molecular weight excluding hydrogens is 328 g/mol. The molecule has 0 bridgehead atoms. The Morgan fingerprint density at radius 2 is 2.15 bits per heavy atom. The summed E-state index contributed by atoms with van der Waals surface area (Å²) in [4.78, 5) is 14.5. The molecule has 26 heavy (non-hydrogen) atoms. The predicted molar refractivity (Wildman–Crippen MR) is 103 cm³/mol. The molecular formula is C21H32N2O3. The van der Waals surface area contributed by atoms with Crippen molar-refractivity contribution in [3.63, 3.8) is 0 Å². The molecule has 2 amide bonds. The summed E-state index contributed by atoms with van der Waals surface area (Å²) in [6, 6.07) is 4.42. The van der Waals surface area contributed by atoms with Crippen molar-refractivity contribution in [3.05, 3.63) is 23.3 Å². The summed E-state index contributed by atoms with van der Waals surface area (Å²) in [5, 5.41) is 3.06. The van der Waals surface area contributed by atoms with Gasteiger partial charge in [-0.15, -0.1) is 0 Å². The van der Waals surface area contributed by atoms with Crippen LogP contribution in [0.15, 0.2) is 12.1 Å². The van der Waals surface area contributed by atoms with Gasteiger partial charge in [-0.3, -0.25) is 0 Å². The SMILES string of the molecule is CCOc1cc2c(cc1CNC(=O)N(C)C1CCCC(C)C1)OC(C)C2. The van der Waals surface area contributed by atoms with Crippen LogP contribution < -0.4 is 14.8 Å². The topological polar surface area (TPSA) is 50.8 Å². The van der Waals surface area contributed by atoms with E-state index >= 15 is 0 Å². The van der Waals surface area contributed by atoms with Crippen LogP contribution in [0.4, 0.5) is 4.79 Å². The zero-order chi connectivity index (χ0) is 18.7. The highest BCUT2D eigenvalue weighted by molar-refractivity contribution is 5.74. The van der Waals surface area contributed by atoms with Gasteiger partial charge in [-0.2, -0.15) is 0 Å². The monoisotopic (exact) mass is 360 g/mol. The molecule has 2 aliphatic rings. The van der Waals surface area contributed by atoms with Crippen LogP contribution in [0.25, 0.3) is 0 Å². The molecule has 0 spiro atoms. The maximum absolute atomic E-state index is 12.6. The minimum atomic E-state index is -0.0127. The number of ether oxygens (including phenoxy) is 2. The van der Waals surface area contributed by atoms with Crippen LogP contribution in [0.1, 0.15) is 57.6 Å². The first-order chi connectivity index (χ1) is 12.5. The van der Waals surface area contributed by atoms with Gasteiger partial charge in [-0.25, -0.2) is 4.79 Å². The summed E-state index contributed by atoms with van der Waals surface area (Å²) < 4.78 is 11.7. The van der Waals surface area contributed by atoms with Crippen LogP contribution in [0.3, 0.4) is 0 Å². The minimum absolute atomic E-state index is 0.0127. The lowest BCUT2D eigenvalue weighted by atomic mass is 9.86. The van der Waals surface area contributed by atoms with Crippen molar-refractivity contribution in [1.29, 1.82) is 0 Å². The molecule has 144 valence electrons. The van der Waals surface area contributed by atoms with Crippen molar-refractivity contribution in [2.24, 2.45) is 5.92 Å². The van der Waals surface area contributed by atoms with Crippen LogP contribution in [0.5, 0.6) is 11.5 Å². The Bertz CT molecular complexity index is 646. The van der Waals surface area contributed by atoms with E-state index in [0.29, 0.717) is 25.1 Å².